The molecule has 0 aliphatic carbocycles. The van der Waals surface area contributed by atoms with Gasteiger partial charge in [0.2, 0.25) is 5.91 Å². The number of fused-ring (bicyclic) bond motifs is 1. The van der Waals surface area contributed by atoms with Gasteiger partial charge in [-0.3, -0.25) is 4.79 Å². The summed E-state index contributed by atoms with van der Waals surface area (Å²) in [6.07, 6.45) is 0.933. The van der Waals surface area contributed by atoms with Crippen LogP contribution in [0.2, 0.25) is 0 Å². The standard InChI is InChI=1S/C13H17NO/c1-8(2)7-11-10-6-4-5-9(3)12(10)14-13(11)15/h4-6,8,11H,7H2,1-3H3,(H,14,15). The molecule has 0 saturated carbocycles. The molecule has 1 unspecified atom stereocenters. The molecule has 0 radical (unpaired) electrons. The molecule has 1 aliphatic rings. The van der Waals surface area contributed by atoms with Gasteiger partial charge in [0.15, 0.2) is 0 Å². The Hall–Kier alpha value is -1.31. The van der Waals surface area contributed by atoms with Crippen LogP contribution < -0.4 is 5.32 Å². The van der Waals surface area contributed by atoms with E-state index in [4.69, 9.17) is 0 Å². The largest absolute Gasteiger partial charge is 0.325 e. The Kier molecular flexibility index (Phi) is 2.51. The molecule has 80 valence electrons. The number of anilines is 1. The van der Waals surface area contributed by atoms with Crippen LogP contribution in [0.15, 0.2) is 18.2 Å². The summed E-state index contributed by atoms with van der Waals surface area (Å²) in [6, 6.07) is 6.13. The molecule has 2 nitrogen and oxygen atoms in total. The van der Waals surface area contributed by atoms with Gasteiger partial charge in [-0.25, -0.2) is 0 Å². The first-order valence-electron chi connectivity index (χ1n) is 5.50. The summed E-state index contributed by atoms with van der Waals surface area (Å²) in [5, 5.41) is 2.98. The zero-order valence-corrected chi connectivity index (χ0v) is 9.50. The summed E-state index contributed by atoms with van der Waals surface area (Å²) in [6.45, 7) is 6.35. The quantitative estimate of drug-likeness (QED) is 0.786. The predicted octanol–water partition coefficient (Wildman–Crippen LogP) is 3.08. The van der Waals surface area contributed by atoms with Crippen molar-refractivity contribution in [3.63, 3.8) is 0 Å². The molecule has 1 N–H and O–H groups in total. The molecule has 15 heavy (non-hydrogen) atoms. The normalized spacial score (nSPS) is 19.2. The number of aryl methyl sites for hydroxylation is 1. The van der Waals surface area contributed by atoms with Crippen molar-refractivity contribution in [3.8, 4) is 0 Å². The maximum Gasteiger partial charge on any atom is 0.232 e. The van der Waals surface area contributed by atoms with E-state index in [0.717, 1.165) is 17.7 Å². The highest BCUT2D eigenvalue weighted by Crippen LogP contribution is 2.38. The molecule has 1 aliphatic heterocycles. The predicted molar refractivity (Wildman–Crippen MR) is 62.0 cm³/mol. The number of amides is 1. The van der Waals surface area contributed by atoms with Crippen LogP contribution in [0.4, 0.5) is 5.69 Å². The lowest BCUT2D eigenvalue weighted by Gasteiger charge is -2.11. The van der Waals surface area contributed by atoms with E-state index in [1.165, 1.54) is 5.56 Å². The van der Waals surface area contributed by atoms with Gasteiger partial charge in [-0.05, 0) is 30.4 Å². The number of carbonyl (C=O) groups is 1. The first kappa shape index (κ1) is 10.2. The lowest BCUT2D eigenvalue weighted by molar-refractivity contribution is -0.117. The molecular formula is C13H17NO. The summed E-state index contributed by atoms with van der Waals surface area (Å²) in [4.78, 5) is 11.8. The monoisotopic (exact) mass is 203 g/mol. The average Bonchev–Trinajstić information content (AvgIpc) is 2.45. The second-order valence-corrected chi connectivity index (χ2v) is 4.71. The van der Waals surface area contributed by atoms with Crippen LogP contribution in [0.5, 0.6) is 0 Å². The highest BCUT2D eigenvalue weighted by Gasteiger charge is 2.31. The van der Waals surface area contributed by atoms with Gasteiger partial charge >= 0.3 is 0 Å². The fourth-order valence-electron chi connectivity index (χ4n) is 2.21. The van der Waals surface area contributed by atoms with Gasteiger partial charge < -0.3 is 5.32 Å². The van der Waals surface area contributed by atoms with Crippen LogP contribution in [0.25, 0.3) is 0 Å². The van der Waals surface area contributed by atoms with E-state index >= 15 is 0 Å². The minimum Gasteiger partial charge on any atom is -0.325 e. The van der Waals surface area contributed by atoms with Gasteiger partial charge in [0, 0.05) is 5.69 Å². The van der Waals surface area contributed by atoms with Crippen LogP contribution in [0, 0.1) is 12.8 Å². The lowest BCUT2D eigenvalue weighted by Crippen LogP contribution is -2.13. The van der Waals surface area contributed by atoms with Gasteiger partial charge in [0.1, 0.15) is 0 Å². The van der Waals surface area contributed by atoms with Crippen LogP contribution >= 0.6 is 0 Å². The van der Waals surface area contributed by atoms with E-state index in [1.54, 1.807) is 0 Å². The van der Waals surface area contributed by atoms with E-state index in [1.807, 2.05) is 19.1 Å². The number of nitrogens with one attached hydrogen (secondary N) is 1. The van der Waals surface area contributed by atoms with E-state index in [9.17, 15) is 4.79 Å². The summed E-state index contributed by atoms with van der Waals surface area (Å²) in [5.74, 6) is 0.764. The minimum atomic E-state index is 0.0555. The smallest absolute Gasteiger partial charge is 0.232 e. The fourth-order valence-corrected chi connectivity index (χ4v) is 2.21. The van der Waals surface area contributed by atoms with Crippen molar-refractivity contribution in [2.75, 3.05) is 5.32 Å². The third kappa shape index (κ3) is 1.76. The summed E-state index contributed by atoms with van der Waals surface area (Å²) >= 11 is 0. The van der Waals surface area contributed by atoms with Gasteiger partial charge in [0.05, 0.1) is 5.92 Å². The number of rotatable bonds is 2. The molecule has 0 fully saturated rings. The molecule has 1 aromatic carbocycles. The van der Waals surface area contributed by atoms with Crippen molar-refractivity contribution < 1.29 is 4.79 Å². The SMILES string of the molecule is Cc1cccc2c1NC(=O)C2CC(C)C. The van der Waals surface area contributed by atoms with Crippen molar-refractivity contribution in [2.24, 2.45) is 5.92 Å². The zero-order valence-electron chi connectivity index (χ0n) is 9.50. The van der Waals surface area contributed by atoms with Crippen LogP contribution in [0.1, 0.15) is 37.3 Å². The third-order valence-electron chi connectivity index (χ3n) is 2.95. The summed E-state index contributed by atoms with van der Waals surface area (Å²) in [5.41, 5.74) is 3.37. The Morgan fingerprint density at radius 1 is 1.40 bits per heavy atom. The summed E-state index contributed by atoms with van der Waals surface area (Å²) < 4.78 is 0. The van der Waals surface area contributed by atoms with E-state index in [0.29, 0.717) is 5.92 Å². The second-order valence-electron chi connectivity index (χ2n) is 4.71. The molecule has 0 aromatic heterocycles. The van der Waals surface area contributed by atoms with Crippen molar-refractivity contribution in [1.82, 2.24) is 0 Å². The van der Waals surface area contributed by atoms with Gasteiger partial charge in [-0.1, -0.05) is 32.0 Å². The van der Waals surface area contributed by atoms with Gasteiger partial charge in [-0.15, -0.1) is 0 Å². The molecule has 1 aromatic rings. The number of carbonyl (C=O) groups excluding carboxylic acids is 1. The van der Waals surface area contributed by atoms with E-state index in [-0.39, 0.29) is 11.8 Å². The maximum absolute atomic E-state index is 11.8. The number of hydrogen-bond acceptors (Lipinski definition) is 1. The first-order valence-corrected chi connectivity index (χ1v) is 5.50. The molecule has 1 amide bonds. The van der Waals surface area contributed by atoms with E-state index < -0.39 is 0 Å². The zero-order chi connectivity index (χ0) is 11.0. The molecule has 0 spiro atoms. The van der Waals surface area contributed by atoms with Gasteiger partial charge in [0.25, 0.3) is 0 Å². The third-order valence-corrected chi connectivity index (χ3v) is 2.95. The maximum atomic E-state index is 11.8. The number of benzene rings is 1. The molecule has 2 rings (SSSR count). The number of para-hydroxylation sites is 1. The average molecular weight is 203 g/mol. The Morgan fingerprint density at radius 3 is 2.80 bits per heavy atom. The topological polar surface area (TPSA) is 29.1 Å². The van der Waals surface area contributed by atoms with Crippen molar-refractivity contribution >= 4 is 11.6 Å². The van der Waals surface area contributed by atoms with Gasteiger partial charge in [-0.2, -0.15) is 0 Å². The van der Waals surface area contributed by atoms with Crippen molar-refractivity contribution in [2.45, 2.75) is 33.1 Å². The van der Waals surface area contributed by atoms with Crippen molar-refractivity contribution in [1.29, 1.82) is 0 Å². The highest BCUT2D eigenvalue weighted by atomic mass is 16.2. The van der Waals surface area contributed by atoms with Crippen molar-refractivity contribution in [3.05, 3.63) is 29.3 Å². The minimum absolute atomic E-state index is 0.0555. The fraction of sp³-hybridized carbons (Fsp3) is 0.462. The Balaban J connectivity index is 2.37. The lowest BCUT2D eigenvalue weighted by atomic mass is 9.91. The first-order chi connectivity index (χ1) is 7.09. The van der Waals surface area contributed by atoms with E-state index in [2.05, 4.69) is 25.2 Å². The molecule has 2 heteroatoms. The van der Waals surface area contributed by atoms with Crippen LogP contribution in [-0.4, -0.2) is 5.91 Å². The highest BCUT2D eigenvalue weighted by molar-refractivity contribution is 6.03. The molecule has 0 saturated heterocycles. The molecule has 1 atom stereocenters. The molecular weight excluding hydrogens is 186 g/mol. The van der Waals surface area contributed by atoms with Crippen LogP contribution in [-0.2, 0) is 4.79 Å². The molecule has 0 bridgehead atoms. The second kappa shape index (κ2) is 3.69. The number of hydrogen-bond donors (Lipinski definition) is 1. The Labute approximate surface area is 90.7 Å². The Morgan fingerprint density at radius 2 is 2.13 bits per heavy atom. The summed E-state index contributed by atoms with van der Waals surface area (Å²) in [7, 11) is 0. The van der Waals surface area contributed by atoms with Crippen LogP contribution in [0.3, 0.4) is 0 Å². The molecule has 1 heterocycles. The Bertz CT molecular complexity index is 396.